The number of amides is 1. The minimum atomic E-state index is -3.85. The number of carbonyl (C=O) groups excluding carboxylic acids is 2. The first-order chi connectivity index (χ1) is 13.4. The van der Waals surface area contributed by atoms with E-state index in [4.69, 9.17) is 0 Å². The number of likely N-dealkylation sites (N-methyl/N-ethyl adjacent to an activating group) is 1. The monoisotopic (exact) mass is 416 g/mol. The highest BCUT2D eigenvalue weighted by atomic mass is 32.2. The second-order valence-corrected chi connectivity index (χ2v) is 10.0. The summed E-state index contributed by atoms with van der Waals surface area (Å²) in [5.41, 5.74) is 0.936. The smallest absolute Gasteiger partial charge is 0.243 e. The normalized spacial score (nSPS) is 12.1. The number of benzene rings is 2. The first kappa shape index (κ1) is 22.8. The van der Waals surface area contributed by atoms with Crippen molar-refractivity contribution in [3.63, 3.8) is 0 Å². The van der Waals surface area contributed by atoms with Crippen molar-refractivity contribution in [2.24, 2.45) is 0 Å². The number of carbonyl (C=O) groups is 2. The van der Waals surface area contributed by atoms with Crippen LogP contribution in [0.4, 0.5) is 0 Å². The molecule has 2 aromatic rings. The van der Waals surface area contributed by atoms with Crippen LogP contribution < -0.4 is 0 Å². The molecule has 6 nitrogen and oxygen atoms in total. The van der Waals surface area contributed by atoms with Crippen molar-refractivity contribution in [2.75, 3.05) is 13.6 Å². The Kier molecular flexibility index (Phi) is 6.97. The molecule has 0 aliphatic rings. The highest BCUT2D eigenvalue weighted by Crippen LogP contribution is 2.20. The van der Waals surface area contributed by atoms with Crippen LogP contribution in [0, 0.1) is 0 Å². The first-order valence-electron chi connectivity index (χ1n) is 9.34. The molecule has 0 aliphatic heterocycles. The van der Waals surface area contributed by atoms with Gasteiger partial charge in [0.05, 0.1) is 11.4 Å². The van der Waals surface area contributed by atoms with Crippen molar-refractivity contribution in [3.8, 4) is 0 Å². The Morgan fingerprint density at radius 1 is 0.931 bits per heavy atom. The standard InChI is InChI=1S/C22H28N2O4S/c1-17(25)19-11-13-20(14-12-19)29(27,28)23(5)16-21(26)24(22(2,3)4)15-18-9-7-6-8-10-18/h6-14H,15-16H2,1-5H3. The van der Waals surface area contributed by atoms with Crippen LogP contribution in [0.25, 0.3) is 0 Å². The Bertz CT molecular complexity index is 962. The predicted octanol–water partition coefficient (Wildman–Crippen LogP) is 3.34. The van der Waals surface area contributed by atoms with Crippen LogP contribution in [0.3, 0.4) is 0 Å². The number of nitrogens with zero attached hydrogens (tertiary/aromatic N) is 2. The molecular formula is C22H28N2O4S. The predicted molar refractivity (Wildman–Crippen MR) is 113 cm³/mol. The third-order valence-corrected chi connectivity index (χ3v) is 6.44. The van der Waals surface area contributed by atoms with E-state index in [1.807, 2.05) is 51.1 Å². The molecule has 0 aromatic heterocycles. The molecule has 0 radical (unpaired) electrons. The van der Waals surface area contributed by atoms with Crippen molar-refractivity contribution < 1.29 is 18.0 Å². The lowest BCUT2D eigenvalue weighted by molar-refractivity contribution is -0.136. The number of sulfonamides is 1. The summed E-state index contributed by atoms with van der Waals surface area (Å²) >= 11 is 0. The van der Waals surface area contributed by atoms with Crippen LogP contribution in [0.2, 0.25) is 0 Å². The van der Waals surface area contributed by atoms with Crippen LogP contribution in [0.15, 0.2) is 59.5 Å². The van der Waals surface area contributed by atoms with Crippen molar-refractivity contribution in [3.05, 3.63) is 65.7 Å². The number of hydrogen-bond acceptors (Lipinski definition) is 4. The summed E-state index contributed by atoms with van der Waals surface area (Å²) in [6.07, 6.45) is 0. The fourth-order valence-corrected chi connectivity index (χ4v) is 3.99. The summed E-state index contributed by atoms with van der Waals surface area (Å²) in [6, 6.07) is 15.3. The summed E-state index contributed by atoms with van der Waals surface area (Å²) in [6.45, 7) is 7.29. The Morgan fingerprint density at radius 3 is 1.97 bits per heavy atom. The van der Waals surface area contributed by atoms with Crippen molar-refractivity contribution in [2.45, 2.75) is 44.7 Å². The second-order valence-electron chi connectivity index (χ2n) is 7.98. The molecule has 0 bridgehead atoms. The molecule has 29 heavy (non-hydrogen) atoms. The quantitative estimate of drug-likeness (QED) is 0.649. The zero-order valence-electron chi connectivity index (χ0n) is 17.5. The van der Waals surface area contributed by atoms with E-state index in [1.54, 1.807) is 4.90 Å². The molecule has 2 rings (SSSR count). The van der Waals surface area contributed by atoms with Crippen LogP contribution >= 0.6 is 0 Å². The molecule has 0 fully saturated rings. The molecule has 2 aromatic carbocycles. The molecule has 0 aliphatic carbocycles. The maximum atomic E-state index is 13.0. The van der Waals surface area contributed by atoms with E-state index in [-0.39, 0.29) is 23.1 Å². The Labute approximate surface area is 173 Å². The highest BCUT2D eigenvalue weighted by molar-refractivity contribution is 7.89. The van der Waals surface area contributed by atoms with Crippen LogP contribution in [0.5, 0.6) is 0 Å². The molecule has 0 heterocycles. The molecule has 0 saturated carbocycles. The summed E-state index contributed by atoms with van der Waals surface area (Å²) in [4.78, 5) is 26.1. The highest BCUT2D eigenvalue weighted by Gasteiger charge is 2.30. The summed E-state index contributed by atoms with van der Waals surface area (Å²) in [5.74, 6) is -0.424. The van der Waals surface area contributed by atoms with Gasteiger partial charge in [0.2, 0.25) is 15.9 Å². The van der Waals surface area contributed by atoms with Crippen molar-refractivity contribution in [1.82, 2.24) is 9.21 Å². The zero-order chi connectivity index (χ0) is 21.8. The topological polar surface area (TPSA) is 74.8 Å². The van der Waals surface area contributed by atoms with Gasteiger partial charge in [-0.3, -0.25) is 9.59 Å². The maximum Gasteiger partial charge on any atom is 0.243 e. The summed E-state index contributed by atoms with van der Waals surface area (Å²) < 4.78 is 26.7. The van der Waals surface area contributed by atoms with Gasteiger partial charge in [-0.1, -0.05) is 42.5 Å². The number of ketones is 1. The van der Waals surface area contributed by atoms with E-state index in [9.17, 15) is 18.0 Å². The van der Waals surface area contributed by atoms with E-state index < -0.39 is 15.6 Å². The largest absolute Gasteiger partial charge is 0.332 e. The van der Waals surface area contributed by atoms with E-state index >= 15 is 0 Å². The minimum absolute atomic E-state index is 0.0446. The van der Waals surface area contributed by atoms with Crippen molar-refractivity contribution >= 4 is 21.7 Å². The average Bonchev–Trinajstić information content (AvgIpc) is 2.65. The SMILES string of the molecule is CC(=O)c1ccc(S(=O)(=O)N(C)CC(=O)N(Cc2ccccc2)C(C)(C)C)cc1. The van der Waals surface area contributed by atoms with Gasteiger partial charge in [0.15, 0.2) is 5.78 Å². The van der Waals surface area contributed by atoms with Gasteiger partial charge in [0.25, 0.3) is 0 Å². The third kappa shape index (κ3) is 5.74. The molecule has 0 atom stereocenters. The first-order valence-corrected chi connectivity index (χ1v) is 10.8. The molecule has 7 heteroatoms. The lowest BCUT2D eigenvalue weighted by Crippen LogP contribution is -2.49. The summed E-state index contributed by atoms with van der Waals surface area (Å²) in [7, 11) is -2.47. The van der Waals surface area contributed by atoms with E-state index in [2.05, 4.69) is 0 Å². The van der Waals surface area contributed by atoms with Gasteiger partial charge < -0.3 is 4.90 Å². The number of rotatable bonds is 7. The molecule has 0 spiro atoms. The second kappa shape index (κ2) is 8.88. The molecule has 0 unspecified atom stereocenters. The Balaban J connectivity index is 2.20. The minimum Gasteiger partial charge on any atom is -0.332 e. The van der Waals surface area contributed by atoms with Gasteiger partial charge in [0, 0.05) is 24.7 Å². The van der Waals surface area contributed by atoms with Gasteiger partial charge >= 0.3 is 0 Å². The number of hydrogen-bond donors (Lipinski definition) is 0. The van der Waals surface area contributed by atoms with Gasteiger partial charge in [-0.15, -0.1) is 0 Å². The maximum absolute atomic E-state index is 13.0. The van der Waals surface area contributed by atoms with Crippen LogP contribution in [-0.2, 0) is 21.4 Å². The van der Waals surface area contributed by atoms with Crippen molar-refractivity contribution in [1.29, 1.82) is 0 Å². The van der Waals surface area contributed by atoms with Crippen LogP contribution in [-0.4, -0.2) is 48.4 Å². The van der Waals surface area contributed by atoms with E-state index in [0.717, 1.165) is 9.87 Å². The van der Waals surface area contributed by atoms with E-state index in [0.29, 0.717) is 12.1 Å². The fourth-order valence-electron chi connectivity index (χ4n) is 2.87. The fraction of sp³-hybridized carbons (Fsp3) is 0.364. The molecule has 156 valence electrons. The molecule has 0 N–H and O–H groups in total. The van der Waals surface area contributed by atoms with Crippen LogP contribution in [0.1, 0.15) is 43.6 Å². The Hall–Kier alpha value is -2.51. The lowest BCUT2D eigenvalue weighted by atomic mass is 10.0. The average molecular weight is 417 g/mol. The number of Topliss-reactive ketones (excluding diaryl/α,β-unsaturated/α-hetero) is 1. The summed E-state index contributed by atoms with van der Waals surface area (Å²) in [5, 5.41) is 0. The van der Waals surface area contributed by atoms with Gasteiger partial charge in [-0.05, 0) is 45.4 Å². The molecule has 0 saturated heterocycles. The van der Waals surface area contributed by atoms with Gasteiger partial charge in [-0.2, -0.15) is 4.31 Å². The molecular weight excluding hydrogens is 388 g/mol. The van der Waals surface area contributed by atoms with E-state index in [1.165, 1.54) is 38.2 Å². The lowest BCUT2D eigenvalue weighted by Gasteiger charge is -2.36. The zero-order valence-corrected chi connectivity index (χ0v) is 18.4. The Morgan fingerprint density at radius 2 is 1.48 bits per heavy atom. The van der Waals surface area contributed by atoms with Gasteiger partial charge in [-0.25, -0.2) is 8.42 Å². The third-order valence-electron chi connectivity index (χ3n) is 4.62. The van der Waals surface area contributed by atoms with Gasteiger partial charge in [0.1, 0.15) is 0 Å². The molecule has 1 amide bonds.